The van der Waals surface area contributed by atoms with E-state index >= 15 is 0 Å². The maximum atomic E-state index is 12.2. The summed E-state index contributed by atoms with van der Waals surface area (Å²) < 4.78 is 24.5. The minimum absolute atomic E-state index is 0.158. The molecule has 1 aromatic heterocycles. The molecule has 4 nitrogen and oxygen atoms in total. The number of hydrogen-bond acceptors (Lipinski definition) is 4. The van der Waals surface area contributed by atoms with Crippen molar-refractivity contribution < 1.29 is 8.78 Å². The van der Waals surface area contributed by atoms with Gasteiger partial charge < -0.3 is 10.6 Å². The fourth-order valence-corrected chi connectivity index (χ4v) is 1.64. The van der Waals surface area contributed by atoms with Gasteiger partial charge in [-0.15, -0.1) is 0 Å². The van der Waals surface area contributed by atoms with Gasteiger partial charge in [-0.1, -0.05) is 20.8 Å². The SMILES string of the molecule is CCCNc1ncnc(NCC(F)F)c1C(C)C. The van der Waals surface area contributed by atoms with Crippen LogP contribution in [0.2, 0.25) is 0 Å². The Morgan fingerprint density at radius 1 is 1.17 bits per heavy atom. The summed E-state index contributed by atoms with van der Waals surface area (Å²) in [5, 5.41) is 5.86. The predicted octanol–water partition coefficient (Wildman–Crippen LogP) is 3.10. The summed E-state index contributed by atoms with van der Waals surface area (Å²) in [6.07, 6.45) is -0.0361. The number of alkyl halides is 2. The number of rotatable bonds is 7. The molecule has 0 saturated carbocycles. The van der Waals surface area contributed by atoms with Gasteiger partial charge in [-0.2, -0.15) is 0 Å². The Balaban J connectivity index is 2.93. The third kappa shape index (κ3) is 4.09. The molecule has 1 aromatic rings. The average molecular weight is 258 g/mol. The van der Waals surface area contributed by atoms with Gasteiger partial charge in [0.25, 0.3) is 6.43 Å². The van der Waals surface area contributed by atoms with Crippen LogP contribution in [0.15, 0.2) is 6.33 Å². The summed E-state index contributed by atoms with van der Waals surface area (Å²) in [7, 11) is 0. The molecule has 0 saturated heterocycles. The highest BCUT2D eigenvalue weighted by Gasteiger charge is 2.15. The van der Waals surface area contributed by atoms with Gasteiger partial charge in [0, 0.05) is 12.1 Å². The van der Waals surface area contributed by atoms with Crippen LogP contribution in [-0.2, 0) is 0 Å². The smallest absolute Gasteiger partial charge is 0.255 e. The summed E-state index contributed by atoms with van der Waals surface area (Å²) in [5.41, 5.74) is 0.853. The average Bonchev–Trinajstić information content (AvgIpc) is 2.33. The zero-order valence-electron chi connectivity index (χ0n) is 11.0. The molecule has 0 radical (unpaired) electrons. The minimum Gasteiger partial charge on any atom is -0.370 e. The molecule has 0 amide bonds. The van der Waals surface area contributed by atoms with Gasteiger partial charge in [0.05, 0.1) is 6.54 Å². The Bertz CT molecular complexity index is 369. The Hall–Kier alpha value is -1.46. The highest BCUT2D eigenvalue weighted by atomic mass is 19.3. The lowest BCUT2D eigenvalue weighted by Crippen LogP contribution is -2.15. The van der Waals surface area contributed by atoms with Crippen molar-refractivity contribution in [2.24, 2.45) is 0 Å². The fourth-order valence-electron chi connectivity index (χ4n) is 1.64. The molecule has 2 N–H and O–H groups in total. The van der Waals surface area contributed by atoms with E-state index in [1.165, 1.54) is 6.33 Å². The monoisotopic (exact) mass is 258 g/mol. The normalized spacial score (nSPS) is 11.1. The second-order valence-electron chi connectivity index (χ2n) is 4.34. The zero-order valence-corrected chi connectivity index (χ0v) is 11.0. The van der Waals surface area contributed by atoms with Crippen LogP contribution in [0.4, 0.5) is 20.4 Å². The topological polar surface area (TPSA) is 49.8 Å². The predicted molar refractivity (Wildman–Crippen MR) is 69.4 cm³/mol. The van der Waals surface area contributed by atoms with Crippen molar-refractivity contribution in [1.82, 2.24) is 9.97 Å². The number of halogens is 2. The third-order valence-electron chi connectivity index (χ3n) is 2.43. The van der Waals surface area contributed by atoms with Crippen molar-refractivity contribution in [3.63, 3.8) is 0 Å². The molecule has 0 aliphatic rings. The van der Waals surface area contributed by atoms with Crippen LogP contribution >= 0.6 is 0 Å². The largest absolute Gasteiger partial charge is 0.370 e. The van der Waals surface area contributed by atoms with Gasteiger partial charge in [-0.25, -0.2) is 18.7 Å². The quantitative estimate of drug-likeness (QED) is 0.789. The highest BCUT2D eigenvalue weighted by molar-refractivity contribution is 5.59. The maximum absolute atomic E-state index is 12.2. The van der Waals surface area contributed by atoms with Crippen LogP contribution in [0.25, 0.3) is 0 Å². The lowest BCUT2D eigenvalue weighted by Gasteiger charge is -2.17. The Morgan fingerprint density at radius 3 is 2.28 bits per heavy atom. The molecule has 0 bridgehead atoms. The van der Waals surface area contributed by atoms with Gasteiger partial charge in [-0.05, 0) is 12.3 Å². The van der Waals surface area contributed by atoms with Crippen molar-refractivity contribution in [1.29, 1.82) is 0 Å². The van der Waals surface area contributed by atoms with Crippen molar-refractivity contribution in [2.45, 2.75) is 39.5 Å². The molecule has 0 aliphatic heterocycles. The van der Waals surface area contributed by atoms with Gasteiger partial charge in [0.1, 0.15) is 18.0 Å². The molecule has 1 rings (SSSR count). The van der Waals surface area contributed by atoms with Gasteiger partial charge in [0.15, 0.2) is 0 Å². The first kappa shape index (κ1) is 14.6. The molecule has 6 heteroatoms. The molecule has 18 heavy (non-hydrogen) atoms. The first-order valence-corrected chi connectivity index (χ1v) is 6.17. The van der Waals surface area contributed by atoms with Crippen LogP contribution in [0.5, 0.6) is 0 Å². The molecule has 0 aromatic carbocycles. The third-order valence-corrected chi connectivity index (χ3v) is 2.43. The lowest BCUT2D eigenvalue weighted by molar-refractivity contribution is 0.163. The van der Waals surface area contributed by atoms with Crippen LogP contribution in [0.3, 0.4) is 0 Å². The Labute approximate surface area is 106 Å². The molecule has 0 fully saturated rings. The molecule has 0 aliphatic carbocycles. The maximum Gasteiger partial charge on any atom is 0.255 e. The van der Waals surface area contributed by atoms with E-state index in [0.29, 0.717) is 5.82 Å². The van der Waals surface area contributed by atoms with E-state index in [-0.39, 0.29) is 5.92 Å². The van der Waals surface area contributed by atoms with E-state index in [1.807, 2.05) is 13.8 Å². The van der Waals surface area contributed by atoms with Crippen LogP contribution in [0.1, 0.15) is 38.7 Å². The number of hydrogen-bond donors (Lipinski definition) is 2. The molecule has 102 valence electrons. The van der Waals surface area contributed by atoms with Crippen LogP contribution < -0.4 is 10.6 Å². The zero-order chi connectivity index (χ0) is 13.5. The molecule has 0 spiro atoms. The second-order valence-corrected chi connectivity index (χ2v) is 4.34. The van der Waals surface area contributed by atoms with Crippen LogP contribution in [-0.4, -0.2) is 29.5 Å². The molecule has 1 heterocycles. The molecule has 0 unspecified atom stereocenters. The van der Waals surface area contributed by atoms with Crippen LogP contribution in [0, 0.1) is 0 Å². The Kier molecular flexibility index (Phi) is 5.74. The first-order valence-electron chi connectivity index (χ1n) is 6.17. The van der Waals surface area contributed by atoms with E-state index < -0.39 is 13.0 Å². The van der Waals surface area contributed by atoms with E-state index in [2.05, 4.69) is 27.5 Å². The van der Waals surface area contributed by atoms with Crippen molar-refractivity contribution >= 4 is 11.6 Å². The molecular formula is C12H20F2N4. The van der Waals surface area contributed by atoms with Crippen molar-refractivity contribution in [3.05, 3.63) is 11.9 Å². The van der Waals surface area contributed by atoms with E-state index in [1.54, 1.807) is 0 Å². The number of anilines is 2. The fraction of sp³-hybridized carbons (Fsp3) is 0.667. The highest BCUT2D eigenvalue weighted by Crippen LogP contribution is 2.28. The van der Waals surface area contributed by atoms with Gasteiger partial charge >= 0.3 is 0 Å². The minimum atomic E-state index is -2.40. The first-order chi connectivity index (χ1) is 8.56. The van der Waals surface area contributed by atoms with Crippen molar-refractivity contribution in [2.75, 3.05) is 23.7 Å². The van der Waals surface area contributed by atoms with Gasteiger partial charge in [-0.3, -0.25) is 0 Å². The number of aromatic nitrogens is 2. The number of nitrogens with one attached hydrogen (secondary N) is 2. The lowest BCUT2D eigenvalue weighted by atomic mass is 10.0. The second kappa shape index (κ2) is 7.08. The molecule has 0 atom stereocenters. The van der Waals surface area contributed by atoms with E-state index in [4.69, 9.17) is 0 Å². The molecular weight excluding hydrogens is 238 g/mol. The van der Waals surface area contributed by atoms with Gasteiger partial charge in [0.2, 0.25) is 0 Å². The van der Waals surface area contributed by atoms with E-state index in [0.717, 1.165) is 24.3 Å². The van der Waals surface area contributed by atoms with Crippen molar-refractivity contribution in [3.8, 4) is 0 Å². The summed E-state index contributed by atoms with van der Waals surface area (Å²) in [4.78, 5) is 8.22. The summed E-state index contributed by atoms with van der Waals surface area (Å²) in [5.74, 6) is 1.36. The number of nitrogens with zero attached hydrogens (tertiary/aromatic N) is 2. The Morgan fingerprint density at radius 2 is 1.78 bits per heavy atom. The summed E-state index contributed by atoms with van der Waals surface area (Å²) in [6, 6.07) is 0. The summed E-state index contributed by atoms with van der Waals surface area (Å²) in [6.45, 7) is 6.43. The summed E-state index contributed by atoms with van der Waals surface area (Å²) >= 11 is 0. The standard InChI is InChI=1S/C12H20F2N4/c1-4-5-15-11-10(8(2)3)12(18-7-17-11)16-6-9(13)14/h7-9H,4-6H2,1-3H3,(H2,15,16,17,18). The van der Waals surface area contributed by atoms with E-state index in [9.17, 15) is 8.78 Å².